The average molecular weight is 263 g/mol. The lowest BCUT2D eigenvalue weighted by Gasteiger charge is -2.13. The number of halogens is 1. The van der Waals surface area contributed by atoms with Crippen molar-refractivity contribution < 1.29 is 9.50 Å². The lowest BCUT2D eigenvalue weighted by molar-refractivity contribution is 0.262. The number of hydrogen-bond acceptors (Lipinski definition) is 3. The van der Waals surface area contributed by atoms with E-state index in [2.05, 4.69) is 24.0 Å². The molecule has 1 heterocycles. The molecule has 102 valence electrons. The summed E-state index contributed by atoms with van der Waals surface area (Å²) in [5.74, 6) is 1.35. The van der Waals surface area contributed by atoms with Gasteiger partial charge in [-0.05, 0) is 36.6 Å². The van der Waals surface area contributed by atoms with Gasteiger partial charge in [-0.15, -0.1) is 10.2 Å². The van der Waals surface area contributed by atoms with Crippen LogP contribution >= 0.6 is 0 Å². The molecule has 0 radical (unpaired) electrons. The Bertz CT molecular complexity index is 578. The van der Waals surface area contributed by atoms with Crippen molar-refractivity contribution in [2.45, 2.75) is 33.9 Å². The van der Waals surface area contributed by atoms with Gasteiger partial charge in [0.05, 0.1) is 0 Å². The first kappa shape index (κ1) is 13.7. The highest BCUT2D eigenvalue weighted by Gasteiger charge is 2.16. The van der Waals surface area contributed by atoms with Gasteiger partial charge in [-0.2, -0.15) is 0 Å². The molecule has 0 saturated heterocycles. The Morgan fingerprint density at radius 1 is 1.32 bits per heavy atom. The van der Waals surface area contributed by atoms with Crippen molar-refractivity contribution in [1.29, 1.82) is 0 Å². The van der Waals surface area contributed by atoms with Crippen LogP contribution in [0.25, 0.3) is 11.4 Å². The summed E-state index contributed by atoms with van der Waals surface area (Å²) in [6, 6.07) is 4.59. The van der Waals surface area contributed by atoms with E-state index in [1.165, 1.54) is 12.1 Å². The van der Waals surface area contributed by atoms with E-state index < -0.39 is 0 Å². The molecule has 4 nitrogen and oxygen atoms in total. The summed E-state index contributed by atoms with van der Waals surface area (Å²) in [5.41, 5.74) is 1.65. The fraction of sp³-hybridized carbons (Fsp3) is 0.429. The third kappa shape index (κ3) is 2.81. The predicted molar refractivity (Wildman–Crippen MR) is 70.9 cm³/mol. The number of benzene rings is 1. The fourth-order valence-corrected chi connectivity index (χ4v) is 2.09. The summed E-state index contributed by atoms with van der Waals surface area (Å²) in [7, 11) is 0. The Labute approximate surface area is 111 Å². The Hall–Kier alpha value is -1.75. The Kier molecular flexibility index (Phi) is 3.95. The first-order valence-electron chi connectivity index (χ1n) is 6.32. The highest BCUT2D eigenvalue weighted by atomic mass is 19.1. The van der Waals surface area contributed by atoms with E-state index in [4.69, 9.17) is 0 Å². The molecule has 0 unspecified atom stereocenters. The van der Waals surface area contributed by atoms with E-state index in [0.29, 0.717) is 17.6 Å². The van der Waals surface area contributed by atoms with Crippen molar-refractivity contribution in [1.82, 2.24) is 14.8 Å². The van der Waals surface area contributed by atoms with Crippen molar-refractivity contribution >= 4 is 0 Å². The monoisotopic (exact) mass is 263 g/mol. The molecule has 1 aromatic carbocycles. The maximum absolute atomic E-state index is 13.2. The molecule has 0 saturated carbocycles. The summed E-state index contributed by atoms with van der Waals surface area (Å²) in [6.45, 7) is 6.57. The molecule has 19 heavy (non-hydrogen) atoms. The van der Waals surface area contributed by atoms with Crippen molar-refractivity contribution in [3.8, 4) is 11.4 Å². The summed E-state index contributed by atoms with van der Waals surface area (Å²) in [4.78, 5) is 0. The predicted octanol–water partition coefficient (Wildman–Crippen LogP) is 2.54. The van der Waals surface area contributed by atoms with E-state index in [0.717, 1.165) is 17.7 Å². The molecule has 1 N–H and O–H groups in total. The third-order valence-corrected chi connectivity index (χ3v) is 2.95. The van der Waals surface area contributed by atoms with Crippen LogP contribution in [0.15, 0.2) is 18.2 Å². The highest BCUT2D eigenvalue weighted by molar-refractivity contribution is 5.60. The van der Waals surface area contributed by atoms with Gasteiger partial charge < -0.3 is 9.67 Å². The smallest absolute Gasteiger partial charge is 0.164 e. The molecule has 5 heteroatoms. The van der Waals surface area contributed by atoms with E-state index in [-0.39, 0.29) is 12.4 Å². The molecule has 0 atom stereocenters. The fourth-order valence-electron chi connectivity index (χ4n) is 2.09. The maximum Gasteiger partial charge on any atom is 0.164 e. The lowest BCUT2D eigenvalue weighted by Crippen LogP contribution is -2.10. The standard InChI is InChI=1S/C14H18FN3O/c1-9(2)7-18-13(8-19)16-17-14(18)12-5-4-11(15)6-10(12)3/h4-6,9,19H,7-8H2,1-3H3. The number of aromatic nitrogens is 3. The largest absolute Gasteiger partial charge is 0.388 e. The number of rotatable bonds is 4. The SMILES string of the molecule is Cc1cc(F)ccc1-c1nnc(CO)n1CC(C)C. The van der Waals surface area contributed by atoms with Crippen LogP contribution < -0.4 is 0 Å². The number of hydrogen-bond donors (Lipinski definition) is 1. The highest BCUT2D eigenvalue weighted by Crippen LogP contribution is 2.24. The van der Waals surface area contributed by atoms with Crippen LogP contribution in [0.5, 0.6) is 0 Å². The average Bonchev–Trinajstić information content (AvgIpc) is 2.71. The topological polar surface area (TPSA) is 50.9 Å². The van der Waals surface area contributed by atoms with Crippen LogP contribution in [-0.4, -0.2) is 19.9 Å². The number of aryl methyl sites for hydroxylation is 1. The third-order valence-electron chi connectivity index (χ3n) is 2.95. The molecule has 0 bridgehead atoms. The molecule has 1 aromatic heterocycles. The van der Waals surface area contributed by atoms with Crippen molar-refractivity contribution in [3.05, 3.63) is 35.4 Å². The minimum Gasteiger partial charge on any atom is -0.388 e. The minimum atomic E-state index is -0.265. The van der Waals surface area contributed by atoms with Crippen LogP contribution in [-0.2, 0) is 13.2 Å². The maximum atomic E-state index is 13.2. The Balaban J connectivity index is 2.52. The van der Waals surface area contributed by atoms with Crippen LogP contribution in [0, 0.1) is 18.7 Å². The Morgan fingerprint density at radius 3 is 2.63 bits per heavy atom. The molecule has 0 aliphatic heterocycles. The molecule has 0 aliphatic carbocycles. The van der Waals surface area contributed by atoms with Gasteiger partial charge in [0.2, 0.25) is 0 Å². The van der Waals surface area contributed by atoms with Crippen molar-refractivity contribution in [3.63, 3.8) is 0 Å². The van der Waals surface area contributed by atoms with Gasteiger partial charge >= 0.3 is 0 Å². The molecule has 0 aliphatic rings. The molecule has 0 fully saturated rings. The summed E-state index contributed by atoms with van der Waals surface area (Å²) in [6.07, 6.45) is 0. The summed E-state index contributed by atoms with van der Waals surface area (Å²) in [5, 5.41) is 17.4. The van der Waals surface area contributed by atoms with Crippen molar-refractivity contribution in [2.24, 2.45) is 5.92 Å². The van der Waals surface area contributed by atoms with Crippen molar-refractivity contribution in [2.75, 3.05) is 0 Å². The molecule has 0 spiro atoms. The lowest BCUT2D eigenvalue weighted by atomic mass is 10.1. The zero-order chi connectivity index (χ0) is 14.0. The zero-order valence-electron chi connectivity index (χ0n) is 11.4. The molecule has 2 aromatic rings. The second-order valence-electron chi connectivity index (χ2n) is 5.06. The van der Waals surface area contributed by atoms with Gasteiger partial charge in [0.25, 0.3) is 0 Å². The van der Waals surface area contributed by atoms with E-state index in [1.807, 2.05) is 11.5 Å². The van der Waals surface area contributed by atoms with Crippen LogP contribution in [0.4, 0.5) is 4.39 Å². The second-order valence-corrected chi connectivity index (χ2v) is 5.06. The molecule has 0 amide bonds. The molecule has 2 rings (SSSR count). The van der Waals surface area contributed by atoms with Gasteiger partial charge in [-0.3, -0.25) is 0 Å². The van der Waals surface area contributed by atoms with Gasteiger partial charge in [-0.25, -0.2) is 4.39 Å². The van der Waals surface area contributed by atoms with E-state index in [1.54, 1.807) is 6.07 Å². The van der Waals surface area contributed by atoms with Crippen LogP contribution in [0.3, 0.4) is 0 Å². The van der Waals surface area contributed by atoms with Crippen LogP contribution in [0.1, 0.15) is 25.2 Å². The number of nitrogens with zero attached hydrogens (tertiary/aromatic N) is 3. The molecular formula is C14H18FN3O. The van der Waals surface area contributed by atoms with Gasteiger partial charge in [0.1, 0.15) is 12.4 Å². The van der Waals surface area contributed by atoms with E-state index >= 15 is 0 Å². The number of aliphatic hydroxyl groups excluding tert-OH is 1. The second kappa shape index (κ2) is 5.48. The van der Waals surface area contributed by atoms with Crippen LogP contribution in [0.2, 0.25) is 0 Å². The van der Waals surface area contributed by atoms with Gasteiger partial charge in [0, 0.05) is 12.1 Å². The molecular weight excluding hydrogens is 245 g/mol. The first-order valence-corrected chi connectivity index (χ1v) is 6.32. The first-order chi connectivity index (χ1) is 9.02. The van der Waals surface area contributed by atoms with Gasteiger partial charge in [0.15, 0.2) is 11.6 Å². The van der Waals surface area contributed by atoms with Gasteiger partial charge in [-0.1, -0.05) is 13.8 Å². The minimum absolute atomic E-state index is 0.153. The normalized spacial score (nSPS) is 11.3. The quantitative estimate of drug-likeness (QED) is 0.922. The summed E-state index contributed by atoms with van der Waals surface area (Å²) < 4.78 is 15.1. The Morgan fingerprint density at radius 2 is 2.05 bits per heavy atom. The number of aliphatic hydroxyl groups is 1. The summed E-state index contributed by atoms with van der Waals surface area (Å²) >= 11 is 0. The zero-order valence-corrected chi connectivity index (χ0v) is 11.4. The van der Waals surface area contributed by atoms with E-state index in [9.17, 15) is 9.50 Å².